The molecule has 1 amide bonds. The molecule has 4 rings (SSSR count). The van der Waals surface area contributed by atoms with E-state index < -0.39 is 12.2 Å². The number of aromatic nitrogens is 1. The maximum atomic E-state index is 12.8. The number of rotatable bonds is 5. The number of amides is 1. The number of aromatic amines is 1. The summed E-state index contributed by atoms with van der Waals surface area (Å²) < 4.78 is 15.9. The van der Waals surface area contributed by atoms with E-state index in [4.69, 9.17) is 14.2 Å². The minimum Gasteiger partial charge on any atom is -0.496 e. The number of H-pyrrole nitrogens is 1. The van der Waals surface area contributed by atoms with Crippen molar-refractivity contribution in [1.29, 1.82) is 0 Å². The number of carbonyl (C=O) groups excluding carboxylic acids is 1. The van der Waals surface area contributed by atoms with Crippen molar-refractivity contribution >= 4 is 22.6 Å². The Kier molecular flexibility index (Phi) is 4.85. The standard InChI is InChI=1S/C21H20N2O6/c1-27-17-4-3-5-18(28-2)19(17)16-8-12-6-7-13(9-15(12)20(25)22-16)23-10-14(11-24)29-21(23)26/h3-9,14,24H,10-11H2,1-2H3,(H,22,25)/t14-/m1/s1. The van der Waals surface area contributed by atoms with Gasteiger partial charge in [0.05, 0.1) is 38.6 Å². The van der Waals surface area contributed by atoms with Crippen LogP contribution < -0.4 is 19.9 Å². The molecule has 0 spiro atoms. The van der Waals surface area contributed by atoms with Crippen molar-refractivity contribution in [2.45, 2.75) is 6.10 Å². The van der Waals surface area contributed by atoms with Crippen LogP contribution in [0.3, 0.4) is 0 Å². The second kappa shape index (κ2) is 7.48. The molecule has 0 radical (unpaired) electrons. The van der Waals surface area contributed by atoms with Crippen LogP contribution in [0.25, 0.3) is 22.0 Å². The maximum absolute atomic E-state index is 12.8. The van der Waals surface area contributed by atoms with Gasteiger partial charge in [0.1, 0.15) is 17.6 Å². The van der Waals surface area contributed by atoms with Gasteiger partial charge >= 0.3 is 6.09 Å². The summed E-state index contributed by atoms with van der Waals surface area (Å²) in [6.45, 7) is -0.0181. The molecular weight excluding hydrogens is 376 g/mol. The average Bonchev–Trinajstić information content (AvgIpc) is 3.13. The zero-order valence-electron chi connectivity index (χ0n) is 16.0. The van der Waals surface area contributed by atoms with Crippen molar-refractivity contribution < 1.29 is 24.1 Å². The van der Waals surface area contributed by atoms with Gasteiger partial charge in [-0.25, -0.2) is 4.79 Å². The Morgan fingerprint density at radius 3 is 2.48 bits per heavy atom. The van der Waals surface area contributed by atoms with Gasteiger partial charge in [-0.2, -0.15) is 0 Å². The van der Waals surface area contributed by atoms with Crippen molar-refractivity contribution in [3.05, 3.63) is 52.8 Å². The Bertz CT molecular complexity index is 1120. The molecule has 2 N–H and O–H groups in total. The number of pyridine rings is 1. The number of hydrogen-bond donors (Lipinski definition) is 2. The summed E-state index contributed by atoms with van der Waals surface area (Å²) in [4.78, 5) is 29.1. The van der Waals surface area contributed by atoms with Crippen molar-refractivity contribution in [2.75, 3.05) is 32.3 Å². The third-order valence-electron chi connectivity index (χ3n) is 4.92. The first-order valence-electron chi connectivity index (χ1n) is 9.03. The summed E-state index contributed by atoms with van der Waals surface area (Å²) in [6, 6.07) is 12.4. The first-order chi connectivity index (χ1) is 14.0. The third-order valence-corrected chi connectivity index (χ3v) is 4.92. The normalized spacial score (nSPS) is 16.2. The molecule has 2 heterocycles. The fraction of sp³-hybridized carbons (Fsp3) is 0.238. The number of anilines is 1. The summed E-state index contributed by atoms with van der Waals surface area (Å²) in [5.41, 5.74) is 1.44. The number of carbonyl (C=O) groups is 1. The highest BCUT2D eigenvalue weighted by Gasteiger charge is 2.32. The number of aliphatic hydroxyl groups excluding tert-OH is 1. The van der Waals surface area contributed by atoms with Crippen LogP contribution in [0.4, 0.5) is 10.5 Å². The first-order valence-corrected chi connectivity index (χ1v) is 9.03. The summed E-state index contributed by atoms with van der Waals surface area (Å²) in [7, 11) is 3.11. The van der Waals surface area contributed by atoms with E-state index in [1.54, 1.807) is 50.6 Å². The molecular formula is C21H20N2O6. The van der Waals surface area contributed by atoms with Gasteiger partial charge in [-0.3, -0.25) is 9.69 Å². The molecule has 3 aromatic rings. The molecule has 1 saturated heterocycles. The predicted octanol–water partition coefficient (Wildman–Crippen LogP) is 2.53. The topological polar surface area (TPSA) is 101 Å². The molecule has 0 saturated carbocycles. The molecule has 29 heavy (non-hydrogen) atoms. The third kappa shape index (κ3) is 3.27. The number of methoxy groups -OCH3 is 2. The second-order valence-electron chi connectivity index (χ2n) is 6.62. The monoisotopic (exact) mass is 396 g/mol. The van der Waals surface area contributed by atoms with E-state index >= 15 is 0 Å². The van der Waals surface area contributed by atoms with E-state index in [2.05, 4.69) is 4.98 Å². The lowest BCUT2D eigenvalue weighted by molar-refractivity contribution is 0.0963. The lowest BCUT2D eigenvalue weighted by Crippen LogP contribution is -2.25. The van der Waals surface area contributed by atoms with Gasteiger partial charge in [0, 0.05) is 11.1 Å². The number of cyclic esters (lactones) is 1. The number of ether oxygens (including phenoxy) is 3. The van der Waals surface area contributed by atoms with Crippen LogP contribution in [0.2, 0.25) is 0 Å². The summed E-state index contributed by atoms with van der Waals surface area (Å²) in [6.07, 6.45) is -1.12. The van der Waals surface area contributed by atoms with Crippen LogP contribution >= 0.6 is 0 Å². The highest BCUT2D eigenvalue weighted by molar-refractivity contribution is 5.95. The summed E-state index contributed by atoms with van der Waals surface area (Å²) in [5.74, 6) is 1.15. The Hall–Kier alpha value is -3.52. The predicted molar refractivity (Wildman–Crippen MR) is 108 cm³/mol. The van der Waals surface area contributed by atoms with E-state index in [-0.39, 0.29) is 18.7 Å². The molecule has 8 heteroatoms. The molecule has 1 aliphatic heterocycles. The van der Waals surface area contributed by atoms with E-state index in [1.807, 2.05) is 6.07 Å². The lowest BCUT2D eigenvalue weighted by atomic mass is 10.0. The van der Waals surface area contributed by atoms with Crippen molar-refractivity contribution in [2.24, 2.45) is 0 Å². The largest absolute Gasteiger partial charge is 0.496 e. The van der Waals surface area contributed by atoms with Gasteiger partial charge in [0.2, 0.25) is 0 Å². The number of aliphatic hydroxyl groups is 1. The quantitative estimate of drug-likeness (QED) is 0.687. The van der Waals surface area contributed by atoms with Gasteiger partial charge in [-0.05, 0) is 35.7 Å². The van der Waals surface area contributed by atoms with E-state index in [9.17, 15) is 14.7 Å². The smallest absolute Gasteiger partial charge is 0.414 e. The SMILES string of the molecule is COc1cccc(OC)c1-c1cc2ccc(N3C[C@H](CO)OC3=O)cc2c(=O)[nH]1. The average molecular weight is 396 g/mol. The zero-order valence-corrected chi connectivity index (χ0v) is 16.0. The number of fused-ring (bicyclic) bond motifs is 1. The van der Waals surface area contributed by atoms with E-state index in [1.165, 1.54) is 4.90 Å². The number of hydrogen-bond acceptors (Lipinski definition) is 6. The van der Waals surface area contributed by atoms with Gasteiger partial charge in [0.25, 0.3) is 5.56 Å². The van der Waals surface area contributed by atoms with Crippen molar-refractivity contribution in [3.63, 3.8) is 0 Å². The molecule has 1 fully saturated rings. The van der Waals surface area contributed by atoms with Crippen LogP contribution in [-0.2, 0) is 4.74 Å². The number of nitrogens with one attached hydrogen (secondary N) is 1. The summed E-state index contributed by atoms with van der Waals surface area (Å²) >= 11 is 0. The van der Waals surface area contributed by atoms with Crippen LogP contribution in [-0.4, -0.2) is 49.7 Å². The minimum absolute atomic E-state index is 0.231. The molecule has 1 aliphatic rings. The van der Waals surface area contributed by atoms with Crippen molar-refractivity contribution in [1.82, 2.24) is 4.98 Å². The lowest BCUT2D eigenvalue weighted by Gasteiger charge is -2.15. The molecule has 150 valence electrons. The van der Waals surface area contributed by atoms with Crippen LogP contribution in [0.5, 0.6) is 11.5 Å². The fourth-order valence-corrected chi connectivity index (χ4v) is 3.49. The zero-order chi connectivity index (χ0) is 20.5. The van der Waals surface area contributed by atoms with Crippen LogP contribution in [0.15, 0.2) is 47.3 Å². The molecule has 1 atom stereocenters. The molecule has 1 aromatic heterocycles. The van der Waals surface area contributed by atoms with Crippen molar-refractivity contribution in [3.8, 4) is 22.8 Å². The first kappa shape index (κ1) is 18.8. The minimum atomic E-state index is -0.572. The Balaban J connectivity index is 1.81. The fourth-order valence-electron chi connectivity index (χ4n) is 3.49. The molecule has 0 unspecified atom stereocenters. The highest BCUT2D eigenvalue weighted by atomic mass is 16.6. The number of benzene rings is 2. The van der Waals surface area contributed by atoms with E-state index in [0.717, 1.165) is 0 Å². The highest BCUT2D eigenvalue weighted by Crippen LogP contribution is 2.37. The number of nitrogens with zero attached hydrogens (tertiary/aromatic N) is 1. The Labute approximate surface area is 166 Å². The Morgan fingerprint density at radius 1 is 1.14 bits per heavy atom. The summed E-state index contributed by atoms with van der Waals surface area (Å²) in [5, 5.41) is 10.3. The molecule has 8 nitrogen and oxygen atoms in total. The van der Waals surface area contributed by atoms with E-state index in [0.29, 0.717) is 39.2 Å². The maximum Gasteiger partial charge on any atom is 0.414 e. The van der Waals surface area contributed by atoms with Crippen LogP contribution in [0.1, 0.15) is 0 Å². The van der Waals surface area contributed by atoms with Gasteiger partial charge in [-0.1, -0.05) is 12.1 Å². The van der Waals surface area contributed by atoms with Gasteiger partial charge in [0.15, 0.2) is 0 Å². The second-order valence-corrected chi connectivity index (χ2v) is 6.62. The molecule has 2 aromatic carbocycles. The van der Waals surface area contributed by atoms with Gasteiger partial charge in [-0.15, -0.1) is 0 Å². The Morgan fingerprint density at radius 2 is 1.86 bits per heavy atom. The molecule has 0 bridgehead atoms. The van der Waals surface area contributed by atoms with Gasteiger partial charge < -0.3 is 24.3 Å². The molecule has 0 aliphatic carbocycles. The van der Waals surface area contributed by atoms with Crippen LogP contribution in [0, 0.1) is 0 Å².